The van der Waals surface area contributed by atoms with Gasteiger partial charge in [0.1, 0.15) is 0 Å². The van der Waals surface area contributed by atoms with Gasteiger partial charge in [-0.15, -0.1) is 0 Å². The Morgan fingerprint density at radius 1 is 0.878 bits per heavy atom. The maximum absolute atomic E-state index is 14.9. The van der Waals surface area contributed by atoms with Crippen molar-refractivity contribution in [3.8, 4) is 0 Å². The lowest BCUT2D eigenvalue weighted by Crippen LogP contribution is -2.61. The molecule has 0 bridgehead atoms. The lowest BCUT2D eigenvalue weighted by molar-refractivity contribution is 0.00559. The van der Waals surface area contributed by atoms with Gasteiger partial charge in [0, 0.05) is 12.1 Å². The molecule has 1 heterocycles. The van der Waals surface area contributed by atoms with Crippen LogP contribution in [-0.4, -0.2) is 47.4 Å². The Morgan fingerprint density at radius 2 is 1.56 bits per heavy atom. The highest BCUT2D eigenvalue weighted by atomic mass is 19.2. The molecule has 1 amide bonds. The van der Waals surface area contributed by atoms with Crippen LogP contribution in [0.3, 0.4) is 0 Å². The van der Waals surface area contributed by atoms with Crippen LogP contribution < -0.4 is 0 Å². The molecule has 0 atom stereocenters. The number of hydrogen-bond donors (Lipinski definition) is 0. The third-order valence-corrected chi connectivity index (χ3v) is 9.99. The molecule has 1 spiro atoms. The van der Waals surface area contributed by atoms with Gasteiger partial charge < -0.3 is 9.80 Å². The molecular formula is C34H34F4N2O. The van der Waals surface area contributed by atoms with Gasteiger partial charge in [-0.1, -0.05) is 54.6 Å². The summed E-state index contributed by atoms with van der Waals surface area (Å²) in [7, 11) is 4.20. The van der Waals surface area contributed by atoms with E-state index in [1.165, 1.54) is 22.3 Å². The minimum absolute atomic E-state index is 0.0984. The maximum atomic E-state index is 14.9. The number of amides is 1. The zero-order chi connectivity index (χ0) is 28.9. The fraction of sp³-hybridized carbons (Fsp3) is 0.382. The molecule has 3 aromatic rings. The monoisotopic (exact) mass is 562 g/mol. The second-order valence-electron chi connectivity index (χ2n) is 12.0. The predicted molar refractivity (Wildman–Crippen MR) is 151 cm³/mol. The molecule has 3 aliphatic rings. The van der Waals surface area contributed by atoms with Crippen molar-refractivity contribution in [2.75, 3.05) is 20.6 Å². The standard InChI is InChI=1S/C34H34F4N2O/c1-39(2)33(14-12-22-8-4-3-5-9-22)15-17-34(18-16-33)27-20-23-10-6-7-11-24(23)25(27)13-19-40(34)32(41)26-21-28(35)30(37)31(38)29(26)36/h3-11,21H,12-20H2,1-2H3. The molecule has 0 radical (unpaired) electrons. The third-order valence-electron chi connectivity index (χ3n) is 9.99. The van der Waals surface area contributed by atoms with E-state index in [-0.39, 0.29) is 5.54 Å². The fourth-order valence-electron chi connectivity index (χ4n) is 7.57. The van der Waals surface area contributed by atoms with E-state index in [1.54, 1.807) is 4.90 Å². The van der Waals surface area contributed by atoms with Crippen LogP contribution in [0, 0.1) is 23.3 Å². The smallest absolute Gasteiger partial charge is 0.257 e. The third kappa shape index (κ3) is 4.49. The number of rotatable bonds is 5. The van der Waals surface area contributed by atoms with Crippen molar-refractivity contribution in [2.24, 2.45) is 0 Å². The van der Waals surface area contributed by atoms with Gasteiger partial charge in [-0.3, -0.25) is 4.79 Å². The highest BCUT2D eigenvalue weighted by molar-refractivity contribution is 5.96. The molecule has 0 N–H and O–H groups in total. The van der Waals surface area contributed by atoms with Gasteiger partial charge in [0.15, 0.2) is 23.3 Å². The zero-order valence-electron chi connectivity index (χ0n) is 23.5. The second kappa shape index (κ2) is 10.4. The summed E-state index contributed by atoms with van der Waals surface area (Å²) in [6.45, 7) is 0.297. The first kappa shape index (κ1) is 27.7. The summed E-state index contributed by atoms with van der Waals surface area (Å²) in [6, 6.07) is 19.1. The van der Waals surface area contributed by atoms with Crippen LogP contribution in [0.4, 0.5) is 17.6 Å². The molecule has 0 aromatic heterocycles. The molecule has 214 valence electrons. The van der Waals surface area contributed by atoms with Crippen LogP contribution in [-0.2, 0) is 12.8 Å². The Kier molecular flexibility index (Phi) is 7.05. The van der Waals surface area contributed by atoms with E-state index in [2.05, 4.69) is 43.3 Å². The van der Waals surface area contributed by atoms with Gasteiger partial charge in [0.05, 0.1) is 11.1 Å². The number of carbonyl (C=O) groups excluding carboxylic acids is 1. The Bertz CT molecular complexity index is 1520. The maximum Gasteiger partial charge on any atom is 0.257 e. The van der Waals surface area contributed by atoms with Crippen molar-refractivity contribution < 1.29 is 22.4 Å². The lowest BCUT2D eigenvalue weighted by atomic mass is 9.64. The summed E-state index contributed by atoms with van der Waals surface area (Å²) < 4.78 is 57.2. The van der Waals surface area contributed by atoms with E-state index in [9.17, 15) is 22.4 Å². The average molecular weight is 563 g/mol. The predicted octanol–water partition coefficient (Wildman–Crippen LogP) is 7.34. The normalized spacial score (nSPS) is 23.7. The summed E-state index contributed by atoms with van der Waals surface area (Å²) in [6.07, 6.45) is 6.02. The summed E-state index contributed by atoms with van der Waals surface area (Å²) in [4.78, 5) is 17.9. The van der Waals surface area contributed by atoms with Gasteiger partial charge in [-0.25, -0.2) is 17.6 Å². The topological polar surface area (TPSA) is 23.6 Å². The minimum Gasteiger partial charge on any atom is -0.329 e. The first-order valence-corrected chi connectivity index (χ1v) is 14.3. The molecule has 1 saturated carbocycles. The highest BCUT2D eigenvalue weighted by Gasteiger charge is 2.53. The fourth-order valence-corrected chi connectivity index (χ4v) is 7.57. The molecule has 6 rings (SSSR count). The summed E-state index contributed by atoms with van der Waals surface area (Å²) in [5.41, 5.74) is 4.46. The molecule has 3 nitrogen and oxygen atoms in total. The van der Waals surface area contributed by atoms with Crippen molar-refractivity contribution in [3.63, 3.8) is 0 Å². The molecule has 1 fully saturated rings. The minimum atomic E-state index is -1.95. The number of nitrogens with zero attached hydrogens (tertiary/aromatic N) is 2. The Labute approximate surface area is 238 Å². The molecule has 3 aromatic carbocycles. The number of fused-ring (bicyclic) bond motifs is 3. The van der Waals surface area contributed by atoms with Crippen LogP contribution in [0.1, 0.15) is 65.6 Å². The largest absolute Gasteiger partial charge is 0.329 e. The van der Waals surface area contributed by atoms with Gasteiger partial charge in [0.25, 0.3) is 5.91 Å². The summed E-state index contributed by atoms with van der Waals surface area (Å²) >= 11 is 0. The SMILES string of the molecule is CN(C)C1(CCc2ccccc2)CCC2(CC1)C1=C(CCN2C(=O)c2cc(F)c(F)c(F)c2F)c2ccccc2C1. The van der Waals surface area contributed by atoms with Crippen LogP contribution in [0.15, 0.2) is 66.2 Å². The van der Waals surface area contributed by atoms with E-state index < -0.39 is 40.3 Å². The summed E-state index contributed by atoms with van der Waals surface area (Å²) in [5.74, 6) is -7.86. The average Bonchev–Trinajstić information content (AvgIpc) is 3.38. The van der Waals surface area contributed by atoms with Crippen molar-refractivity contribution in [1.82, 2.24) is 9.80 Å². The number of aryl methyl sites for hydroxylation is 1. The van der Waals surface area contributed by atoms with Crippen LogP contribution in [0.25, 0.3) is 5.57 Å². The van der Waals surface area contributed by atoms with Crippen LogP contribution in [0.5, 0.6) is 0 Å². The van der Waals surface area contributed by atoms with E-state index in [4.69, 9.17) is 0 Å². The van der Waals surface area contributed by atoms with Crippen molar-refractivity contribution in [3.05, 3.63) is 112 Å². The summed E-state index contributed by atoms with van der Waals surface area (Å²) in [5, 5.41) is 0. The van der Waals surface area contributed by atoms with E-state index >= 15 is 0 Å². The van der Waals surface area contributed by atoms with Crippen molar-refractivity contribution in [1.29, 1.82) is 0 Å². The van der Waals surface area contributed by atoms with Crippen LogP contribution >= 0.6 is 0 Å². The van der Waals surface area contributed by atoms with Crippen molar-refractivity contribution >= 4 is 11.5 Å². The van der Waals surface area contributed by atoms with E-state index in [1.807, 2.05) is 30.3 Å². The molecule has 2 aliphatic carbocycles. The van der Waals surface area contributed by atoms with Gasteiger partial charge >= 0.3 is 0 Å². The first-order chi connectivity index (χ1) is 19.7. The van der Waals surface area contributed by atoms with E-state index in [0.29, 0.717) is 38.3 Å². The van der Waals surface area contributed by atoms with Gasteiger partial charge in [-0.05, 0) is 99.4 Å². The highest BCUT2D eigenvalue weighted by Crippen LogP contribution is 2.54. The van der Waals surface area contributed by atoms with E-state index in [0.717, 1.165) is 31.3 Å². The number of benzene rings is 3. The zero-order valence-corrected chi connectivity index (χ0v) is 23.5. The lowest BCUT2D eigenvalue weighted by Gasteiger charge is -2.56. The molecule has 1 aliphatic heterocycles. The second-order valence-corrected chi connectivity index (χ2v) is 12.0. The molecule has 41 heavy (non-hydrogen) atoms. The first-order valence-electron chi connectivity index (χ1n) is 14.3. The Morgan fingerprint density at radius 3 is 2.27 bits per heavy atom. The van der Waals surface area contributed by atoms with Gasteiger partial charge in [-0.2, -0.15) is 0 Å². The Balaban J connectivity index is 1.38. The van der Waals surface area contributed by atoms with Crippen LogP contribution in [0.2, 0.25) is 0 Å². The van der Waals surface area contributed by atoms with Gasteiger partial charge in [0.2, 0.25) is 0 Å². The Hall–Kier alpha value is -3.45. The van der Waals surface area contributed by atoms with Crippen molar-refractivity contribution in [2.45, 2.75) is 62.4 Å². The molecular weight excluding hydrogens is 528 g/mol. The molecule has 7 heteroatoms. The quantitative estimate of drug-likeness (QED) is 0.185. The number of hydrogen-bond acceptors (Lipinski definition) is 2. The number of halogens is 4. The number of carbonyl (C=O) groups is 1. The molecule has 0 saturated heterocycles. The molecule has 0 unspecified atom stereocenters.